The van der Waals surface area contributed by atoms with Gasteiger partial charge in [0.2, 0.25) is 0 Å². The van der Waals surface area contributed by atoms with E-state index in [1.54, 1.807) is 0 Å². The summed E-state index contributed by atoms with van der Waals surface area (Å²) in [5, 5.41) is 47.7. The van der Waals surface area contributed by atoms with Crippen molar-refractivity contribution in [3.05, 3.63) is 197 Å². The highest BCUT2D eigenvalue weighted by molar-refractivity contribution is 5.85. The third-order valence-electron chi connectivity index (χ3n) is 33.2. The molecule has 566 valence electrons. The second-order valence-electron chi connectivity index (χ2n) is 38.0. The van der Waals surface area contributed by atoms with Crippen molar-refractivity contribution in [2.75, 3.05) is 13.1 Å². The van der Waals surface area contributed by atoms with Crippen molar-refractivity contribution in [1.29, 1.82) is 0 Å². The second kappa shape index (κ2) is 24.8. The molecule has 6 spiro atoms. The van der Waals surface area contributed by atoms with Crippen LogP contribution in [0.1, 0.15) is 222 Å². The van der Waals surface area contributed by atoms with E-state index in [1.165, 1.54) is 121 Å². The number of benzene rings is 3. The third kappa shape index (κ3) is 10.3. The number of carbonyl (C=O) groups excluding carboxylic acids is 1. The smallest absolute Gasteiger partial charge is 0.321 e. The summed E-state index contributed by atoms with van der Waals surface area (Å²) in [6.45, 7) is 8.42. The lowest BCUT2D eigenvalue weighted by molar-refractivity contribution is -0.150. The minimum absolute atomic E-state index is 0.137. The Morgan fingerprint density at radius 2 is 0.807 bits per heavy atom. The molecule has 23 rings (SSSR count). The number of carboxylic acid groups (broad SMARTS) is 2. The van der Waals surface area contributed by atoms with Gasteiger partial charge >= 0.3 is 11.9 Å². The first kappa shape index (κ1) is 69.6. The number of Topliss-reactive ketones (excluding diaryl/α,β-unsaturated/α-hetero) is 1. The number of rotatable bonds is 7. The minimum Gasteiger partial charge on any atom is -0.480 e. The summed E-state index contributed by atoms with van der Waals surface area (Å²) in [5.74, 6) is 1.73. The van der Waals surface area contributed by atoms with Crippen LogP contribution in [0.5, 0.6) is 0 Å². The number of aliphatic carboxylic acids is 2. The maximum absolute atomic E-state index is 12.4. The molecule has 15 heteroatoms. The molecule has 0 radical (unpaired) electrons. The molecule has 15 nitrogen and oxygen atoms in total. The Morgan fingerprint density at radius 1 is 0.440 bits per heavy atom. The zero-order valence-corrected chi connectivity index (χ0v) is 63.6. The van der Waals surface area contributed by atoms with E-state index in [4.69, 9.17) is 14.2 Å². The van der Waals surface area contributed by atoms with E-state index in [0.717, 1.165) is 103 Å². The topological polar surface area (TPSA) is 205 Å². The molecule has 5 unspecified atom stereocenters. The minimum atomic E-state index is -0.812. The summed E-state index contributed by atoms with van der Waals surface area (Å²) in [4.78, 5) is 53.6. The number of fused-ring (bicyclic) bond motifs is 6. The molecule has 4 N–H and O–H groups in total. The van der Waals surface area contributed by atoms with Gasteiger partial charge in [0.15, 0.2) is 0 Å². The normalized spacial score (nSPS) is 42.3. The first-order chi connectivity index (χ1) is 52.6. The first-order valence-electron chi connectivity index (χ1n) is 41.9. The number of aromatic nitrogens is 3. The van der Waals surface area contributed by atoms with Gasteiger partial charge in [0.1, 0.15) is 17.9 Å². The van der Waals surface area contributed by atoms with Crippen LogP contribution in [0, 0.1) is 34.0 Å². The lowest BCUT2D eigenvalue weighted by Gasteiger charge is -2.55. The molecule has 3 aromatic carbocycles. The highest BCUT2D eigenvalue weighted by Gasteiger charge is 2.71. The monoisotopic (exact) mass is 1460 g/mol. The molecule has 6 saturated carbocycles. The van der Waals surface area contributed by atoms with Gasteiger partial charge in [-0.05, 0) is 296 Å². The van der Waals surface area contributed by atoms with Crippen LogP contribution >= 0.6 is 0 Å². The summed E-state index contributed by atoms with van der Waals surface area (Å²) in [5.41, 5.74) is 11.7. The van der Waals surface area contributed by atoms with Crippen molar-refractivity contribution in [3.8, 4) is 0 Å². The molecule has 6 bridgehead atoms. The number of allylic oxidation sites excluding steroid dienone is 3. The first-order valence-corrected chi connectivity index (χ1v) is 41.9. The van der Waals surface area contributed by atoms with E-state index in [-0.39, 0.29) is 61.9 Å². The van der Waals surface area contributed by atoms with Crippen molar-refractivity contribution in [1.82, 2.24) is 24.8 Å². The SMILES string of the molecule is C[C@]12CC=C3C=C4CCC(=O)C[C@]45CCC3(O5)[C@@H]1CC[C@@H]2c1ccc2ccncc2c1.C[C@]12CC=C3C=C4CC[C@H](N5CC(O)C[C@H]5C(=O)O)C[C@]45CCC3(O5)[C@@H]1CC[C@@H]2c1ccc2ccncc2c1.C[C@]12CC=C3C=C4CC[C@H](N5CC(O)C[C@H]5C(=O)O)C[C@]45CCC3(O5)[C@@H]1CC[C@@H]2c1ccc2ccncc2c1. The van der Waals surface area contributed by atoms with Gasteiger partial charge in [-0.2, -0.15) is 0 Å². The van der Waals surface area contributed by atoms with Gasteiger partial charge in [0, 0.05) is 104 Å². The van der Waals surface area contributed by atoms with Gasteiger partial charge in [-0.15, -0.1) is 0 Å². The molecule has 6 aromatic rings. The van der Waals surface area contributed by atoms with Crippen LogP contribution in [0.4, 0.5) is 0 Å². The Hall–Kier alpha value is -7.34. The molecule has 9 aliphatic carbocycles. The lowest BCUT2D eigenvalue weighted by Crippen LogP contribution is -2.56. The predicted molar refractivity (Wildman–Crippen MR) is 417 cm³/mol. The van der Waals surface area contributed by atoms with Crippen LogP contribution in [0.25, 0.3) is 32.3 Å². The van der Waals surface area contributed by atoms with Crippen LogP contribution in [0.15, 0.2) is 180 Å². The Morgan fingerprint density at radius 3 is 1.19 bits per heavy atom. The fourth-order valence-corrected chi connectivity index (χ4v) is 28.1. The molecule has 8 aliphatic heterocycles. The van der Waals surface area contributed by atoms with Crippen molar-refractivity contribution >= 4 is 50.0 Å². The molecule has 11 heterocycles. The number of β-amino-alcohol motifs (C(OH)–C–C–N with tert-alkyl or cyclic N) is 2. The number of hydrogen-bond acceptors (Lipinski definition) is 13. The Labute approximate surface area is 639 Å². The van der Waals surface area contributed by atoms with Crippen LogP contribution in [0.3, 0.4) is 0 Å². The maximum Gasteiger partial charge on any atom is 0.321 e. The molecule has 21 atom stereocenters. The van der Waals surface area contributed by atoms with Crippen LogP contribution in [0.2, 0.25) is 0 Å². The molecular weight excluding hydrogens is 1360 g/mol. The summed E-state index contributed by atoms with van der Waals surface area (Å²) in [7, 11) is 0. The van der Waals surface area contributed by atoms with Gasteiger partial charge in [-0.25, -0.2) is 0 Å². The summed E-state index contributed by atoms with van der Waals surface area (Å²) in [6.07, 6.45) is 50.3. The van der Waals surface area contributed by atoms with E-state index in [1.807, 2.05) is 37.2 Å². The van der Waals surface area contributed by atoms with E-state index in [9.17, 15) is 34.8 Å². The third-order valence-corrected chi connectivity index (χ3v) is 33.2. The van der Waals surface area contributed by atoms with Crippen LogP contribution in [-0.4, -0.2) is 146 Å². The van der Waals surface area contributed by atoms with E-state index in [0.29, 0.717) is 80.1 Å². The fourth-order valence-electron chi connectivity index (χ4n) is 28.1. The number of aliphatic hydroxyl groups excluding tert-OH is 2. The molecule has 17 aliphatic rings. The van der Waals surface area contributed by atoms with E-state index >= 15 is 0 Å². The van der Waals surface area contributed by atoms with Crippen molar-refractivity contribution < 1.29 is 49.0 Å². The van der Waals surface area contributed by atoms with Gasteiger partial charge in [-0.1, -0.05) is 93.6 Å². The van der Waals surface area contributed by atoms with Gasteiger partial charge in [-0.3, -0.25) is 39.1 Å². The van der Waals surface area contributed by atoms with Crippen molar-refractivity contribution in [2.24, 2.45) is 34.0 Å². The standard InChI is InChI=1S/2C33H38N2O4.C28H29NO2/c2*1-31-10-8-24-15-23-4-5-25(35-19-26(36)16-28(35)30(37)38)17-32(23)11-12-33(24,39-32)29(31)7-6-27(31)21-3-2-20-9-13-34-18-22(20)14-21;1-26-10-8-22-15-21-4-5-23(30)16-27(21)11-12-28(22,31-27)25(26)7-6-24(26)19-3-2-18-9-13-29-17-20(18)14-19/h2*2-3,8-9,13-15,18,25-29,36H,4-7,10-12,16-17,19H2,1H3,(H,37,38);2-3,8-9,13-15,17,24-25H,4-7,10-12,16H2,1H3/t2*25-,26?,27+,28-,29+,31+,32+,33?;24-,25-,26-,27-,28?/m001/s1. The summed E-state index contributed by atoms with van der Waals surface area (Å²) in [6, 6.07) is 26.2. The van der Waals surface area contributed by atoms with E-state index < -0.39 is 36.2 Å². The van der Waals surface area contributed by atoms with Crippen molar-refractivity contribution in [3.63, 3.8) is 0 Å². The summed E-state index contributed by atoms with van der Waals surface area (Å²) < 4.78 is 22.0. The highest BCUT2D eigenvalue weighted by Crippen LogP contribution is 2.73. The average Bonchev–Trinajstić information content (AvgIpc) is 1.54. The number of aliphatic hydroxyl groups is 2. The number of likely N-dealkylation sites (tertiary alicyclic amines) is 2. The average molecular weight is 1460 g/mol. The Kier molecular flexibility index (Phi) is 15.9. The zero-order chi connectivity index (χ0) is 74.0. The van der Waals surface area contributed by atoms with Gasteiger partial charge in [0.05, 0.1) is 45.8 Å². The summed E-state index contributed by atoms with van der Waals surface area (Å²) >= 11 is 0. The molecule has 3 aromatic heterocycles. The van der Waals surface area contributed by atoms with Crippen molar-refractivity contribution in [2.45, 2.75) is 275 Å². The predicted octanol–water partition coefficient (Wildman–Crippen LogP) is 16.8. The maximum atomic E-state index is 12.4. The number of nitrogens with zero attached hydrogens (tertiary/aromatic N) is 5. The molecular formula is C94H105N5O10. The lowest BCUT2D eigenvalue weighted by atomic mass is 9.58. The zero-order valence-electron chi connectivity index (χ0n) is 63.6. The number of pyridine rings is 3. The molecule has 109 heavy (non-hydrogen) atoms. The number of ether oxygens (including phenoxy) is 3. The Balaban J connectivity index is 0.000000105. The fraction of sp³-hybridized carbons (Fsp3) is 0.553. The van der Waals surface area contributed by atoms with Gasteiger partial charge in [0.25, 0.3) is 0 Å². The van der Waals surface area contributed by atoms with Crippen LogP contribution in [-0.2, 0) is 28.6 Å². The largest absolute Gasteiger partial charge is 0.480 e. The molecule has 11 fully saturated rings. The van der Waals surface area contributed by atoms with E-state index in [2.05, 4.69) is 155 Å². The number of hydrogen-bond donors (Lipinski definition) is 4. The van der Waals surface area contributed by atoms with Gasteiger partial charge < -0.3 is 34.6 Å². The second-order valence-corrected chi connectivity index (χ2v) is 38.0. The number of ketones is 1. The Bertz CT molecular complexity index is 4820. The van der Waals surface area contributed by atoms with Crippen LogP contribution < -0.4 is 0 Å². The number of carboxylic acids is 2. The molecule has 5 saturated heterocycles. The number of carbonyl (C=O) groups is 3. The highest BCUT2D eigenvalue weighted by atomic mass is 16.5. The quantitative estimate of drug-likeness (QED) is 0.117. The molecule has 0 amide bonds.